The highest BCUT2D eigenvalue weighted by atomic mass is 35.5. The van der Waals surface area contributed by atoms with Crippen LogP contribution in [0.15, 0.2) is 42.7 Å². The predicted molar refractivity (Wildman–Crippen MR) is 81.5 cm³/mol. The van der Waals surface area contributed by atoms with E-state index < -0.39 is 4.92 Å². The van der Waals surface area contributed by atoms with Gasteiger partial charge in [0.15, 0.2) is 0 Å². The van der Waals surface area contributed by atoms with Gasteiger partial charge in [-0.25, -0.2) is 4.98 Å². The standard InChI is InChI=1S/C14H11ClN4O2/c15-12-6-10(3-4-13(12)19(20)21)17-7-9-8-18-14-11(9)2-1-5-16-14/h1-6,8,17H,7H2,(H,16,18). The smallest absolute Gasteiger partial charge is 0.288 e. The van der Waals surface area contributed by atoms with Gasteiger partial charge in [0.05, 0.1) is 4.92 Å². The predicted octanol–water partition coefficient (Wildman–Crippen LogP) is 3.74. The van der Waals surface area contributed by atoms with Crippen molar-refractivity contribution in [1.29, 1.82) is 0 Å². The molecule has 2 N–H and O–H groups in total. The van der Waals surface area contributed by atoms with Crippen LogP contribution in [0.3, 0.4) is 0 Å². The number of nitrogens with zero attached hydrogens (tertiary/aromatic N) is 2. The van der Waals surface area contributed by atoms with E-state index in [4.69, 9.17) is 11.6 Å². The maximum atomic E-state index is 10.7. The monoisotopic (exact) mass is 302 g/mol. The minimum Gasteiger partial charge on any atom is -0.381 e. The topological polar surface area (TPSA) is 83.9 Å². The van der Waals surface area contributed by atoms with Crippen LogP contribution in [0.5, 0.6) is 0 Å². The molecular formula is C14H11ClN4O2. The number of halogens is 1. The molecule has 0 amide bonds. The molecule has 0 spiro atoms. The molecular weight excluding hydrogens is 292 g/mol. The summed E-state index contributed by atoms with van der Waals surface area (Å²) in [6.07, 6.45) is 3.61. The molecule has 0 atom stereocenters. The Hall–Kier alpha value is -2.60. The summed E-state index contributed by atoms with van der Waals surface area (Å²) in [5.41, 5.74) is 2.52. The van der Waals surface area contributed by atoms with Crippen molar-refractivity contribution in [3.63, 3.8) is 0 Å². The van der Waals surface area contributed by atoms with Gasteiger partial charge in [0.25, 0.3) is 5.69 Å². The largest absolute Gasteiger partial charge is 0.381 e. The summed E-state index contributed by atoms with van der Waals surface area (Å²) in [6, 6.07) is 8.44. The van der Waals surface area contributed by atoms with Gasteiger partial charge < -0.3 is 10.3 Å². The van der Waals surface area contributed by atoms with E-state index in [9.17, 15) is 10.1 Å². The number of pyridine rings is 1. The first-order valence-corrected chi connectivity index (χ1v) is 6.62. The highest BCUT2D eigenvalue weighted by Gasteiger charge is 2.12. The maximum absolute atomic E-state index is 10.7. The maximum Gasteiger partial charge on any atom is 0.288 e. The van der Waals surface area contributed by atoms with E-state index in [1.165, 1.54) is 6.07 Å². The van der Waals surface area contributed by atoms with E-state index in [0.717, 1.165) is 22.3 Å². The zero-order valence-corrected chi connectivity index (χ0v) is 11.6. The number of rotatable bonds is 4. The number of nitrogens with one attached hydrogen (secondary N) is 2. The normalized spacial score (nSPS) is 10.7. The summed E-state index contributed by atoms with van der Waals surface area (Å²) in [5, 5.41) is 15.1. The molecule has 0 unspecified atom stereocenters. The second kappa shape index (κ2) is 5.41. The van der Waals surface area contributed by atoms with Crippen molar-refractivity contribution in [1.82, 2.24) is 9.97 Å². The van der Waals surface area contributed by atoms with Gasteiger partial charge in [0, 0.05) is 36.1 Å². The Morgan fingerprint density at radius 1 is 1.38 bits per heavy atom. The molecule has 0 saturated heterocycles. The zero-order valence-electron chi connectivity index (χ0n) is 10.8. The van der Waals surface area contributed by atoms with Crippen LogP contribution in [0, 0.1) is 10.1 Å². The average Bonchev–Trinajstić information content (AvgIpc) is 2.88. The van der Waals surface area contributed by atoms with Crippen LogP contribution in [0.4, 0.5) is 11.4 Å². The van der Waals surface area contributed by atoms with Crippen molar-refractivity contribution in [2.45, 2.75) is 6.54 Å². The molecule has 0 aliphatic rings. The molecule has 3 aromatic rings. The van der Waals surface area contributed by atoms with Gasteiger partial charge in [-0.15, -0.1) is 0 Å². The number of hydrogen-bond donors (Lipinski definition) is 2. The Labute approximate surface area is 124 Å². The van der Waals surface area contributed by atoms with Gasteiger partial charge in [-0.2, -0.15) is 0 Å². The van der Waals surface area contributed by atoms with Crippen LogP contribution >= 0.6 is 11.6 Å². The molecule has 1 aromatic carbocycles. The highest BCUT2D eigenvalue weighted by Crippen LogP contribution is 2.27. The fourth-order valence-corrected chi connectivity index (χ4v) is 2.37. The first-order valence-electron chi connectivity index (χ1n) is 6.24. The van der Waals surface area contributed by atoms with E-state index in [2.05, 4.69) is 15.3 Å². The summed E-state index contributed by atoms with van der Waals surface area (Å²) < 4.78 is 0. The SMILES string of the molecule is O=[N+]([O-])c1ccc(NCc2c[nH]c3ncccc23)cc1Cl. The molecule has 0 saturated carbocycles. The van der Waals surface area contributed by atoms with Crippen molar-refractivity contribution >= 4 is 34.0 Å². The van der Waals surface area contributed by atoms with Crippen LogP contribution in [0.1, 0.15) is 5.56 Å². The quantitative estimate of drug-likeness (QED) is 0.568. The number of nitro benzene ring substituents is 1. The number of benzene rings is 1. The van der Waals surface area contributed by atoms with Gasteiger partial charge in [0.1, 0.15) is 10.7 Å². The van der Waals surface area contributed by atoms with E-state index >= 15 is 0 Å². The molecule has 2 aromatic heterocycles. The number of nitro groups is 1. The first-order chi connectivity index (χ1) is 10.1. The van der Waals surface area contributed by atoms with Gasteiger partial charge in [-0.05, 0) is 29.8 Å². The first kappa shape index (κ1) is 13.4. The summed E-state index contributed by atoms with van der Waals surface area (Å²) in [7, 11) is 0. The van der Waals surface area contributed by atoms with Crippen LogP contribution in [0.25, 0.3) is 11.0 Å². The van der Waals surface area contributed by atoms with E-state index in [0.29, 0.717) is 6.54 Å². The number of anilines is 1. The minimum absolute atomic E-state index is 0.0986. The number of fused-ring (bicyclic) bond motifs is 1. The summed E-state index contributed by atoms with van der Waals surface area (Å²) >= 11 is 5.88. The second-order valence-electron chi connectivity index (χ2n) is 4.49. The molecule has 2 heterocycles. The van der Waals surface area contributed by atoms with Crippen molar-refractivity contribution in [2.24, 2.45) is 0 Å². The van der Waals surface area contributed by atoms with Crippen LogP contribution < -0.4 is 5.32 Å². The molecule has 106 valence electrons. The average molecular weight is 303 g/mol. The number of aromatic nitrogens is 2. The van der Waals surface area contributed by atoms with E-state index in [-0.39, 0.29) is 10.7 Å². The molecule has 7 heteroatoms. The minimum atomic E-state index is -0.503. The third-order valence-corrected chi connectivity index (χ3v) is 3.47. The van der Waals surface area contributed by atoms with Crippen molar-refractivity contribution in [2.75, 3.05) is 5.32 Å². The summed E-state index contributed by atoms with van der Waals surface area (Å²) in [5.74, 6) is 0. The molecule has 0 fully saturated rings. The Kier molecular flexibility index (Phi) is 3.45. The van der Waals surface area contributed by atoms with Crippen LogP contribution in [-0.4, -0.2) is 14.9 Å². The molecule has 0 aliphatic carbocycles. The molecule has 0 aliphatic heterocycles. The third kappa shape index (κ3) is 2.66. The second-order valence-corrected chi connectivity index (χ2v) is 4.90. The number of hydrogen-bond acceptors (Lipinski definition) is 4. The molecule has 21 heavy (non-hydrogen) atoms. The Bertz CT molecular complexity index is 816. The lowest BCUT2D eigenvalue weighted by Gasteiger charge is -2.06. The number of H-pyrrole nitrogens is 1. The third-order valence-electron chi connectivity index (χ3n) is 3.16. The Morgan fingerprint density at radius 3 is 3.00 bits per heavy atom. The lowest BCUT2D eigenvalue weighted by atomic mass is 10.2. The highest BCUT2D eigenvalue weighted by molar-refractivity contribution is 6.32. The molecule has 3 rings (SSSR count). The Morgan fingerprint density at radius 2 is 2.24 bits per heavy atom. The van der Waals surface area contributed by atoms with Gasteiger partial charge in [0.2, 0.25) is 0 Å². The summed E-state index contributed by atoms with van der Waals surface area (Å²) in [6.45, 7) is 0.569. The van der Waals surface area contributed by atoms with Gasteiger partial charge in [-0.1, -0.05) is 11.6 Å². The lowest BCUT2D eigenvalue weighted by Crippen LogP contribution is -1.99. The molecule has 0 radical (unpaired) electrons. The fourth-order valence-electron chi connectivity index (χ4n) is 2.12. The summed E-state index contributed by atoms with van der Waals surface area (Å²) in [4.78, 5) is 17.5. The zero-order chi connectivity index (χ0) is 14.8. The molecule has 6 nitrogen and oxygen atoms in total. The fraction of sp³-hybridized carbons (Fsp3) is 0.0714. The van der Waals surface area contributed by atoms with E-state index in [1.54, 1.807) is 18.3 Å². The van der Waals surface area contributed by atoms with Crippen LogP contribution in [-0.2, 0) is 6.54 Å². The van der Waals surface area contributed by atoms with Crippen LogP contribution in [0.2, 0.25) is 5.02 Å². The van der Waals surface area contributed by atoms with Gasteiger partial charge in [-0.3, -0.25) is 10.1 Å². The van der Waals surface area contributed by atoms with E-state index in [1.807, 2.05) is 18.3 Å². The van der Waals surface area contributed by atoms with Crippen molar-refractivity contribution in [3.05, 3.63) is 63.4 Å². The Balaban J connectivity index is 1.79. The van der Waals surface area contributed by atoms with Gasteiger partial charge >= 0.3 is 0 Å². The van der Waals surface area contributed by atoms with Crippen molar-refractivity contribution < 1.29 is 4.92 Å². The molecule has 0 bridgehead atoms. The van der Waals surface area contributed by atoms with Crippen molar-refractivity contribution in [3.8, 4) is 0 Å². The lowest BCUT2D eigenvalue weighted by molar-refractivity contribution is -0.384. The number of aromatic amines is 1.